The van der Waals surface area contributed by atoms with Crippen molar-refractivity contribution in [2.45, 2.75) is 6.92 Å². The number of para-hydroxylation sites is 2. The molecule has 0 saturated heterocycles. The van der Waals surface area contributed by atoms with Crippen LogP contribution in [0.2, 0.25) is 0 Å². The van der Waals surface area contributed by atoms with Crippen molar-refractivity contribution in [1.29, 1.82) is 0 Å². The number of benzene rings is 9. The zero-order valence-corrected chi connectivity index (χ0v) is 27.7. The Bertz CT molecular complexity index is 2490. The van der Waals surface area contributed by atoms with Crippen molar-refractivity contribution in [3.8, 4) is 5.75 Å². The molecule has 9 aromatic carbocycles. The molecule has 0 heterocycles. The summed E-state index contributed by atoms with van der Waals surface area (Å²) >= 11 is 0. The number of anilines is 6. The van der Waals surface area contributed by atoms with E-state index in [1.165, 1.54) is 21.5 Å². The lowest BCUT2D eigenvalue weighted by Gasteiger charge is -2.28. The summed E-state index contributed by atoms with van der Waals surface area (Å²) in [7, 11) is 0. The van der Waals surface area contributed by atoms with E-state index in [4.69, 9.17) is 0 Å². The van der Waals surface area contributed by atoms with Crippen LogP contribution in [0.1, 0.15) is 5.56 Å². The van der Waals surface area contributed by atoms with Gasteiger partial charge < -0.3 is 14.9 Å². The second kappa shape index (κ2) is 12.1. The lowest BCUT2D eigenvalue weighted by atomic mass is 9.95. The van der Waals surface area contributed by atoms with E-state index in [1.807, 2.05) is 19.1 Å². The normalized spacial score (nSPS) is 11.4. The van der Waals surface area contributed by atoms with Crippen LogP contribution in [-0.2, 0) is 0 Å². The predicted molar refractivity (Wildman–Crippen MR) is 212 cm³/mol. The van der Waals surface area contributed by atoms with Gasteiger partial charge >= 0.3 is 0 Å². The van der Waals surface area contributed by atoms with Gasteiger partial charge in [0.1, 0.15) is 5.75 Å². The number of phenolic OH excluding ortho intramolecular Hbond substituents is 1. The Hall–Kier alpha value is -6.58. The molecule has 9 aromatic rings. The summed E-state index contributed by atoms with van der Waals surface area (Å²) in [4.78, 5) is 4.60. The van der Waals surface area contributed by atoms with Crippen LogP contribution in [0.15, 0.2) is 182 Å². The predicted octanol–water partition coefficient (Wildman–Crippen LogP) is 13.3. The lowest BCUT2D eigenvalue weighted by molar-refractivity contribution is 0.478. The molecule has 0 aromatic heterocycles. The highest BCUT2D eigenvalue weighted by molar-refractivity contribution is 6.14. The van der Waals surface area contributed by atoms with Crippen LogP contribution in [0.3, 0.4) is 0 Å². The van der Waals surface area contributed by atoms with E-state index >= 15 is 0 Å². The maximum Gasteiger partial charge on any atom is 0.127 e. The first-order valence-corrected chi connectivity index (χ1v) is 17.0. The molecule has 0 aliphatic heterocycles. The van der Waals surface area contributed by atoms with Gasteiger partial charge in [-0.25, -0.2) is 0 Å². The molecule has 9 rings (SSSR count). The second-order valence-electron chi connectivity index (χ2n) is 12.8. The quantitative estimate of drug-likeness (QED) is 0.183. The summed E-state index contributed by atoms with van der Waals surface area (Å²) in [6.45, 7) is 2.03. The van der Waals surface area contributed by atoms with Crippen molar-refractivity contribution in [3.05, 3.63) is 188 Å². The molecule has 0 aliphatic rings. The molecule has 0 atom stereocenters. The third kappa shape index (κ3) is 4.91. The highest BCUT2D eigenvalue weighted by atomic mass is 16.3. The van der Waals surface area contributed by atoms with Crippen LogP contribution in [0.4, 0.5) is 34.1 Å². The maximum absolute atomic E-state index is 11.9. The number of nitrogens with zero attached hydrogens (tertiary/aromatic N) is 2. The summed E-state index contributed by atoms with van der Waals surface area (Å²) in [5.74, 6) is 0.300. The number of rotatable bonds is 6. The Morgan fingerprint density at radius 2 is 0.760 bits per heavy atom. The van der Waals surface area contributed by atoms with Crippen LogP contribution in [0.5, 0.6) is 5.75 Å². The van der Waals surface area contributed by atoms with Gasteiger partial charge in [-0.05, 0) is 100 Å². The van der Waals surface area contributed by atoms with Gasteiger partial charge in [0.25, 0.3) is 0 Å². The van der Waals surface area contributed by atoms with E-state index in [2.05, 4.69) is 180 Å². The minimum absolute atomic E-state index is 0.300. The molecule has 0 bridgehead atoms. The van der Waals surface area contributed by atoms with Crippen molar-refractivity contribution in [2.75, 3.05) is 9.80 Å². The fourth-order valence-corrected chi connectivity index (χ4v) is 7.46. The van der Waals surface area contributed by atoms with Gasteiger partial charge in [0.05, 0.1) is 11.4 Å². The average molecular weight is 643 g/mol. The topological polar surface area (TPSA) is 26.7 Å². The molecule has 1 N–H and O–H groups in total. The molecule has 238 valence electrons. The van der Waals surface area contributed by atoms with Crippen molar-refractivity contribution >= 4 is 77.2 Å². The third-order valence-corrected chi connectivity index (χ3v) is 9.87. The smallest absolute Gasteiger partial charge is 0.127 e. The molecule has 0 unspecified atom stereocenters. The van der Waals surface area contributed by atoms with Crippen LogP contribution in [-0.4, -0.2) is 5.11 Å². The Labute approximate surface area is 291 Å². The van der Waals surface area contributed by atoms with E-state index in [0.29, 0.717) is 5.75 Å². The van der Waals surface area contributed by atoms with Gasteiger partial charge in [-0.3, -0.25) is 0 Å². The van der Waals surface area contributed by atoms with Gasteiger partial charge in [0.15, 0.2) is 0 Å². The Balaban J connectivity index is 1.23. The molecule has 0 amide bonds. The average Bonchev–Trinajstić information content (AvgIpc) is 3.18. The van der Waals surface area contributed by atoms with Crippen LogP contribution in [0.25, 0.3) is 43.1 Å². The monoisotopic (exact) mass is 642 g/mol. The summed E-state index contributed by atoms with van der Waals surface area (Å²) in [6.07, 6.45) is 0. The minimum atomic E-state index is 0.300. The molecular formula is C47H34N2O. The number of aromatic hydroxyl groups is 1. The number of phenols is 1. The fourth-order valence-electron chi connectivity index (χ4n) is 7.46. The van der Waals surface area contributed by atoms with E-state index in [9.17, 15) is 5.11 Å². The van der Waals surface area contributed by atoms with Gasteiger partial charge in [-0.15, -0.1) is 0 Å². The van der Waals surface area contributed by atoms with E-state index in [0.717, 1.165) is 61.2 Å². The highest BCUT2D eigenvalue weighted by Gasteiger charge is 2.20. The molecule has 0 saturated carbocycles. The van der Waals surface area contributed by atoms with Gasteiger partial charge in [0, 0.05) is 38.9 Å². The summed E-state index contributed by atoms with van der Waals surface area (Å²) in [6, 6.07) is 63.9. The SMILES string of the molecule is Cc1c(O)c2cc(N(c3ccccc3)c3cccc4ccccc34)ccc2c2ccc(N(c3ccccc3)c3cccc4ccccc34)cc12. The highest BCUT2D eigenvalue weighted by Crippen LogP contribution is 2.46. The Morgan fingerprint density at radius 1 is 0.340 bits per heavy atom. The fraction of sp³-hybridized carbons (Fsp3) is 0.0213. The first kappa shape index (κ1) is 29.6. The van der Waals surface area contributed by atoms with Crippen LogP contribution >= 0.6 is 0 Å². The number of hydrogen-bond acceptors (Lipinski definition) is 3. The summed E-state index contributed by atoms with van der Waals surface area (Å²) < 4.78 is 0. The van der Waals surface area contributed by atoms with Gasteiger partial charge in [-0.1, -0.05) is 121 Å². The molecule has 0 radical (unpaired) electrons. The summed E-state index contributed by atoms with van der Waals surface area (Å²) in [5, 5.41) is 20.6. The Morgan fingerprint density at radius 3 is 1.28 bits per heavy atom. The first-order valence-electron chi connectivity index (χ1n) is 17.0. The molecule has 0 spiro atoms. The zero-order chi connectivity index (χ0) is 33.6. The van der Waals surface area contributed by atoms with E-state index in [-0.39, 0.29) is 0 Å². The van der Waals surface area contributed by atoms with E-state index < -0.39 is 0 Å². The van der Waals surface area contributed by atoms with Crippen molar-refractivity contribution < 1.29 is 5.11 Å². The Kier molecular flexibility index (Phi) is 7.18. The standard InChI is InChI=1S/C47H34N2O/c1-32-43-30-37(48(35-18-4-2-5-19-35)45-24-12-16-33-14-8-10-22-39(33)45)26-28-41(43)42-29-27-38(31-44(42)47(32)50)49(36-20-6-3-7-21-36)46-25-13-17-34-15-9-11-23-40(34)46/h2-31,50H,1H3. The number of hydrogen-bond donors (Lipinski definition) is 1. The van der Waals surface area contributed by atoms with Gasteiger partial charge in [-0.2, -0.15) is 0 Å². The van der Waals surface area contributed by atoms with Crippen LogP contribution < -0.4 is 9.80 Å². The van der Waals surface area contributed by atoms with E-state index in [1.54, 1.807) is 0 Å². The maximum atomic E-state index is 11.9. The third-order valence-electron chi connectivity index (χ3n) is 9.87. The molecule has 0 aliphatic carbocycles. The van der Waals surface area contributed by atoms with Crippen LogP contribution in [0, 0.1) is 6.92 Å². The molecule has 0 fully saturated rings. The van der Waals surface area contributed by atoms with Crippen molar-refractivity contribution in [1.82, 2.24) is 0 Å². The van der Waals surface area contributed by atoms with Gasteiger partial charge in [0.2, 0.25) is 0 Å². The zero-order valence-electron chi connectivity index (χ0n) is 27.7. The minimum Gasteiger partial charge on any atom is -0.507 e. The molecular weight excluding hydrogens is 609 g/mol. The second-order valence-corrected chi connectivity index (χ2v) is 12.8. The lowest BCUT2D eigenvalue weighted by Crippen LogP contribution is -2.10. The summed E-state index contributed by atoms with van der Waals surface area (Å²) in [5.41, 5.74) is 7.19. The molecule has 50 heavy (non-hydrogen) atoms. The first-order chi connectivity index (χ1) is 24.7. The van der Waals surface area contributed by atoms with Crippen molar-refractivity contribution in [3.63, 3.8) is 0 Å². The van der Waals surface area contributed by atoms with Crippen molar-refractivity contribution in [2.24, 2.45) is 0 Å². The largest absolute Gasteiger partial charge is 0.507 e. The molecule has 3 heteroatoms. The number of aryl methyl sites for hydroxylation is 1. The molecule has 3 nitrogen and oxygen atoms in total. The number of fused-ring (bicyclic) bond motifs is 5.